The van der Waals surface area contributed by atoms with Crippen LogP contribution in [0.25, 0.3) is 10.8 Å². The van der Waals surface area contributed by atoms with E-state index in [2.05, 4.69) is 108 Å². The predicted molar refractivity (Wildman–Crippen MR) is 146 cm³/mol. The fourth-order valence-corrected chi connectivity index (χ4v) is 5.74. The first-order valence-corrected chi connectivity index (χ1v) is 12.8. The van der Waals surface area contributed by atoms with Gasteiger partial charge in [-0.3, -0.25) is 4.90 Å². The fourth-order valence-electron chi connectivity index (χ4n) is 5.74. The van der Waals surface area contributed by atoms with E-state index in [-0.39, 0.29) is 0 Å². The van der Waals surface area contributed by atoms with Crippen molar-refractivity contribution in [3.05, 3.63) is 114 Å². The molecule has 1 aliphatic rings. The van der Waals surface area contributed by atoms with Crippen molar-refractivity contribution in [2.75, 3.05) is 26.7 Å². The molecule has 2 unspecified atom stereocenters. The van der Waals surface area contributed by atoms with E-state index in [1.807, 2.05) is 6.07 Å². The second-order valence-electron chi connectivity index (χ2n) is 9.81. The van der Waals surface area contributed by atoms with E-state index in [9.17, 15) is 0 Å². The number of methoxy groups -OCH3 is 1. The number of rotatable bonds is 8. The molecule has 4 aromatic carbocycles. The molecule has 3 heteroatoms. The number of ether oxygens (including phenoxy) is 1. The second-order valence-corrected chi connectivity index (χ2v) is 9.81. The van der Waals surface area contributed by atoms with Gasteiger partial charge in [-0.25, -0.2) is 0 Å². The molecule has 1 N–H and O–H groups in total. The minimum atomic E-state index is 0.294. The normalized spacial score (nSPS) is 19.5. The van der Waals surface area contributed by atoms with E-state index in [1.165, 1.54) is 33.9 Å². The lowest BCUT2D eigenvalue weighted by Gasteiger charge is -2.40. The van der Waals surface area contributed by atoms with Gasteiger partial charge in [-0.2, -0.15) is 0 Å². The van der Waals surface area contributed by atoms with Crippen molar-refractivity contribution in [2.24, 2.45) is 5.92 Å². The van der Waals surface area contributed by atoms with Gasteiger partial charge in [-0.1, -0.05) is 91.0 Å². The van der Waals surface area contributed by atoms with Gasteiger partial charge in [0.05, 0.1) is 7.11 Å². The van der Waals surface area contributed by atoms with Gasteiger partial charge in [0.1, 0.15) is 5.75 Å². The van der Waals surface area contributed by atoms with Crippen LogP contribution in [0, 0.1) is 5.92 Å². The quantitative estimate of drug-likeness (QED) is 0.310. The molecule has 35 heavy (non-hydrogen) atoms. The molecule has 1 fully saturated rings. The van der Waals surface area contributed by atoms with E-state index >= 15 is 0 Å². The zero-order chi connectivity index (χ0) is 24.0. The third kappa shape index (κ3) is 5.42. The average Bonchev–Trinajstić information content (AvgIpc) is 2.92. The number of para-hydroxylation sites is 1. The number of hydrogen-bond acceptors (Lipinski definition) is 3. The minimum Gasteiger partial charge on any atom is -0.496 e. The van der Waals surface area contributed by atoms with E-state index < -0.39 is 0 Å². The van der Waals surface area contributed by atoms with Crippen molar-refractivity contribution < 1.29 is 4.74 Å². The lowest BCUT2D eigenvalue weighted by atomic mass is 9.80. The fraction of sp³-hybridized carbons (Fsp3) is 0.312. The summed E-state index contributed by atoms with van der Waals surface area (Å²) >= 11 is 0. The van der Waals surface area contributed by atoms with Gasteiger partial charge in [0.15, 0.2) is 0 Å². The SMILES string of the molecule is COc1ccccc1CN1CCC(c2ccccc2)C(CN[C@H](C)c2cccc3ccccc23)C1. The topological polar surface area (TPSA) is 24.5 Å². The molecule has 3 nitrogen and oxygen atoms in total. The number of nitrogens with zero attached hydrogens (tertiary/aromatic N) is 1. The van der Waals surface area contributed by atoms with Crippen LogP contribution in [0.3, 0.4) is 0 Å². The molecule has 0 radical (unpaired) electrons. The maximum Gasteiger partial charge on any atom is 0.123 e. The lowest BCUT2D eigenvalue weighted by Crippen LogP contribution is -2.43. The largest absolute Gasteiger partial charge is 0.496 e. The van der Waals surface area contributed by atoms with Crippen molar-refractivity contribution in [3.8, 4) is 5.75 Å². The molecule has 0 spiro atoms. The molecule has 0 aliphatic carbocycles. The van der Waals surface area contributed by atoms with Gasteiger partial charge in [-0.05, 0) is 59.7 Å². The molecule has 180 valence electrons. The monoisotopic (exact) mass is 464 g/mol. The number of benzene rings is 4. The number of piperidine rings is 1. The summed E-state index contributed by atoms with van der Waals surface area (Å²) in [5, 5.41) is 6.57. The summed E-state index contributed by atoms with van der Waals surface area (Å²) in [5.41, 5.74) is 4.11. The van der Waals surface area contributed by atoms with Gasteiger partial charge in [0.2, 0.25) is 0 Å². The molecular weight excluding hydrogens is 428 g/mol. The Morgan fingerprint density at radius 3 is 2.49 bits per heavy atom. The summed E-state index contributed by atoms with van der Waals surface area (Å²) < 4.78 is 5.63. The minimum absolute atomic E-state index is 0.294. The molecule has 0 amide bonds. The van der Waals surface area contributed by atoms with Crippen molar-refractivity contribution in [3.63, 3.8) is 0 Å². The zero-order valence-corrected chi connectivity index (χ0v) is 20.9. The maximum atomic E-state index is 5.63. The van der Waals surface area contributed by atoms with Gasteiger partial charge in [0, 0.05) is 31.2 Å². The summed E-state index contributed by atoms with van der Waals surface area (Å²) in [6.07, 6.45) is 1.17. The van der Waals surface area contributed by atoms with Crippen molar-refractivity contribution in [2.45, 2.75) is 31.8 Å². The van der Waals surface area contributed by atoms with Crippen LogP contribution in [-0.4, -0.2) is 31.6 Å². The predicted octanol–water partition coefficient (Wildman–Crippen LogP) is 6.80. The van der Waals surface area contributed by atoms with E-state index in [0.29, 0.717) is 17.9 Å². The smallest absolute Gasteiger partial charge is 0.123 e. The molecule has 5 rings (SSSR count). The molecule has 4 aromatic rings. The van der Waals surface area contributed by atoms with Crippen molar-refractivity contribution in [1.82, 2.24) is 10.2 Å². The molecule has 0 saturated carbocycles. The summed E-state index contributed by atoms with van der Waals surface area (Å²) in [7, 11) is 1.77. The van der Waals surface area contributed by atoms with Crippen LogP contribution in [0.5, 0.6) is 5.75 Å². The van der Waals surface area contributed by atoms with E-state index in [4.69, 9.17) is 4.74 Å². The highest BCUT2D eigenvalue weighted by Gasteiger charge is 2.31. The zero-order valence-electron chi connectivity index (χ0n) is 20.9. The van der Waals surface area contributed by atoms with E-state index in [1.54, 1.807) is 7.11 Å². The number of likely N-dealkylation sites (tertiary alicyclic amines) is 1. The molecular formula is C32H36N2O. The summed E-state index contributed by atoms with van der Waals surface area (Å²) in [6.45, 7) is 6.40. The Kier molecular flexibility index (Phi) is 7.46. The number of fused-ring (bicyclic) bond motifs is 1. The lowest BCUT2D eigenvalue weighted by molar-refractivity contribution is 0.141. The molecule has 3 atom stereocenters. The summed E-state index contributed by atoms with van der Waals surface area (Å²) in [6, 6.07) is 35.2. The standard InChI is InChI=1S/C32H36N2O/c1-24(29-17-10-15-26-13-6-8-16-31(26)29)33-21-28-23-34(22-27-14-7-9-18-32(27)35-2)20-19-30(28)25-11-4-3-5-12-25/h3-18,24,28,30,33H,19-23H2,1-2H3/t24-,28?,30?/m1/s1. The Labute approximate surface area is 209 Å². The Balaban J connectivity index is 1.33. The molecule has 0 bridgehead atoms. The third-order valence-electron chi connectivity index (χ3n) is 7.61. The van der Waals surface area contributed by atoms with Gasteiger partial charge in [-0.15, -0.1) is 0 Å². The van der Waals surface area contributed by atoms with Crippen molar-refractivity contribution in [1.29, 1.82) is 0 Å². The Bertz CT molecular complexity index is 1230. The van der Waals surface area contributed by atoms with Crippen LogP contribution >= 0.6 is 0 Å². The Morgan fingerprint density at radius 1 is 0.886 bits per heavy atom. The average molecular weight is 465 g/mol. The van der Waals surface area contributed by atoms with E-state index in [0.717, 1.165) is 31.9 Å². The molecule has 0 aromatic heterocycles. The molecule has 1 saturated heterocycles. The second kappa shape index (κ2) is 11.1. The highest BCUT2D eigenvalue weighted by atomic mass is 16.5. The number of nitrogens with one attached hydrogen (secondary N) is 1. The van der Waals surface area contributed by atoms with Crippen LogP contribution in [0.2, 0.25) is 0 Å². The Hall–Kier alpha value is -3.14. The van der Waals surface area contributed by atoms with Gasteiger partial charge >= 0.3 is 0 Å². The Morgan fingerprint density at radius 2 is 1.63 bits per heavy atom. The highest BCUT2D eigenvalue weighted by Crippen LogP contribution is 2.35. The van der Waals surface area contributed by atoms with Crippen LogP contribution in [0.15, 0.2) is 97.1 Å². The molecule has 1 heterocycles. The first-order valence-electron chi connectivity index (χ1n) is 12.8. The van der Waals surface area contributed by atoms with Gasteiger partial charge in [0.25, 0.3) is 0 Å². The summed E-state index contributed by atoms with van der Waals surface area (Å²) in [5.74, 6) is 2.09. The van der Waals surface area contributed by atoms with Gasteiger partial charge < -0.3 is 10.1 Å². The highest BCUT2D eigenvalue weighted by molar-refractivity contribution is 5.86. The third-order valence-corrected chi connectivity index (χ3v) is 7.61. The van der Waals surface area contributed by atoms with Crippen molar-refractivity contribution >= 4 is 10.8 Å². The summed E-state index contributed by atoms with van der Waals surface area (Å²) in [4.78, 5) is 2.60. The van der Waals surface area contributed by atoms with Crippen LogP contribution < -0.4 is 10.1 Å². The number of hydrogen-bond donors (Lipinski definition) is 1. The molecule has 1 aliphatic heterocycles. The van der Waals surface area contributed by atoms with Crippen LogP contribution in [-0.2, 0) is 6.54 Å². The first-order chi connectivity index (χ1) is 17.2. The van der Waals surface area contributed by atoms with Crippen LogP contribution in [0.1, 0.15) is 42.0 Å². The first kappa shape index (κ1) is 23.6. The maximum absolute atomic E-state index is 5.63. The van der Waals surface area contributed by atoms with Crippen LogP contribution in [0.4, 0.5) is 0 Å².